The largest absolute Gasteiger partial charge is 0.464 e. The third kappa shape index (κ3) is 3.00. The van der Waals surface area contributed by atoms with E-state index in [1.54, 1.807) is 6.07 Å². The zero-order valence-corrected chi connectivity index (χ0v) is 10.3. The number of hydrogen-bond acceptors (Lipinski definition) is 4. The molecule has 0 aliphatic carbocycles. The molecule has 1 aromatic carbocycles. The number of aliphatic hydroxyl groups excluding tert-OH is 1. The standard InChI is InChI=1S/C11H11NO5S/c1-12(11(14)15)18(16,17)10-6-2-4-9(8-10)5-3-7-13/h2,4,6,8,13H,7H2,1H3,(H,14,15). The first kappa shape index (κ1) is 14.0. The Bertz CT molecular complexity index is 612. The summed E-state index contributed by atoms with van der Waals surface area (Å²) >= 11 is 0. The Morgan fingerprint density at radius 1 is 1.44 bits per heavy atom. The van der Waals surface area contributed by atoms with Gasteiger partial charge in [0.2, 0.25) is 0 Å². The number of carbonyl (C=O) groups is 1. The van der Waals surface area contributed by atoms with Crippen LogP contribution in [0.2, 0.25) is 0 Å². The van der Waals surface area contributed by atoms with Crippen LogP contribution < -0.4 is 0 Å². The van der Waals surface area contributed by atoms with Crippen LogP contribution in [-0.4, -0.2) is 42.7 Å². The molecule has 0 heterocycles. The topological polar surface area (TPSA) is 94.9 Å². The van der Waals surface area contributed by atoms with Crippen molar-refractivity contribution in [3.05, 3.63) is 29.8 Å². The van der Waals surface area contributed by atoms with Gasteiger partial charge in [0.15, 0.2) is 0 Å². The number of nitrogens with zero attached hydrogens (tertiary/aromatic N) is 1. The van der Waals surface area contributed by atoms with Crippen molar-refractivity contribution >= 4 is 16.1 Å². The van der Waals surface area contributed by atoms with Crippen LogP contribution in [0.1, 0.15) is 5.56 Å². The van der Waals surface area contributed by atoms with E-state index in [1.807, 2.05) is 0 Å². The first-order valence-electron chi connectivity index (χ1n) is 4.81. The molecule has 0 spiro atoms. The molecule has 0 saturated heterocycles. The predicted octanol–water partition coefficient (Wildman–Crippen LogP) is 0.329. The van der Waals surface area contributed by atoms with Crippen molar-refractivity contribution in [3.8, 4) is 11.8 Å². The van der Waals surface area contributed by atoms with Crippen molar-refractivity contribution < 1.29 is 23.4 Å². The molecular weight excluding hydrogens is 258 g/mol. The third-order valence-corrected chi connectivity index (χ3v) is 3.80. The second-order valence-electron chi connectivity index (χ2n) is 3.24. The number of rotatable bonds is 2. The second kappa shape index (κ2) is 5.53. The van der Waals surface area contributed by atoms with Gasteiger partial charge in [-0.05, 0) is 18.2 Å². The molecule has 0 fully saturated rings. The summed E-state index contributed by atoms with van der Waals surface area (Å²) < 4.78 is 23.9. The van der Waals surface area contributed by atoms with Crippen LogP contribution in [0.15, 0.2) is 29.2 Å². The summed E-state index contributed by atoms with van der Waals surface area (Å²) in [7, 11) is -3.13. The fraction of sp³-hybridized carbons (Fsp3) is 0.182. The third-order valence-electron chi connectivity index (χ3n) is 2.07. The lowest BCUT2D eigenvalue weighted by atomic mass is 10.2. The molecule has 1 aromatic rings. The summed E-state index contributed by atoms with van der Waals surface area (Å²) in [6, 6.07) is 5.53. The van der Waals surface area contributed by atoms with Gasteiger partial charge in [-0.15, -0.1) is 0 Å². The van der Waals surface area contributed by atoms with Gasteiger partial charge in [0.1, 0.15) is 6.61 Å². The number of amides is 1. The van der Waals surface area contributed by atoms with Crippen LogP contribution in [0.25, 0.3) is 0 Å². The van der Waals surface area contributed by atoms with Gasteiger partial charge in [-0.1, -0.05) is 17.9 Å². The van der Waals surface area contributed by atoms with Crippen molar-refractivity contribution in [1.82, 2.24) is 4.31 Å². The Morgan fingerprint density at radius 3 is 2.67 bits per heavy atom. The van der Waals surface area contributed by atoms with Gasteiger partial charge in [-0.25, -0.2) is 17.5 Å². The summed E-state index contributed by atoms with van der Waals surface area (Å²) in [5.74, 6) is 4.92. The molecule has 0 unspecified atom stereocenters. The Kier molecular flexibility index (Phi) is 4.31. The van der Waals surface area contributed by atoms with Gasteiger partial charge in [0, 0.05) is 12.6 Å². The molecule has 0 aliphatic heterocycles. The minimum absolute atomic E-state index is 0.169. The lowest BCUT2D eigenvalue weighted by Gasteiger charge is -2.13. The lowest BCUT2D eigenvalue weighted by molar-refractivity contribution is 0.178. The van der Waals surface area contributed by atoms with E-state index in [0.29, 0.717) is 5.56 Å². The summed E-state index contributed by atoms with van der Waals surface area (Å²) in [5.41, 5.74) is 0.379. The van der Waals surface area contributed by atoms with E-state index in [-0.39, 0.29) is 15.8 Å². The summed E-state index contributed by atoms with van der Waals surface area (Å²) in [6.45, 7) is -0.341. The summed E-state index contributed by atoms with van der Waals surface area (Å²) in [5, 5.41) is 17.2. The van der Waals surface area contributed by atoms with Crippen LogP contribution >= 0.6 is 0 Å². The summed E-state index contributed by atoms with van der Waals surface area (Å²) in [6.07, 6.45) is -1.57. The van der Waals surface area contributed by atoms with Gasteiger partial charge in [0.25, 0.3) is 10.0 Å². The van der Waals surface area contributed by atoms with Gasteiger partial charge < -0.3 is 10.2 Å². The van der Waals surface area contributed by atoms with Crippen LogP contribution in [0.3, 0.4) is 0 Å². The van der Waals surface area contributed by atoms with Crippen LogP contribution in [-0.2, 0) is 10.0 Å². The molecule has 6 nitrogen and oxygen atoms in total. The van der Waals surface area contributed by atoms with Crippen molar-refractivity contribution in [1.29, 1.82) is 0 Å². The van der Waals surface area contributed by atoms with Crippen LogP contribution in [0, 0.1) is 11.8 Å². The molecule has 96 valence electrons. The molecule has 18 heavy (non-hydrogen) atoms. The van der Waals surface area contributed by atoms with E-state index >= 15 is 0 Å². The van der Waals surface area contributed by atoms with Crippen LogP contribution in [0.4, 0.5) is 4.79 Å². The molecule has 1 rings (SSSR count). The van der Waals surface area contributed by atoms with E-state index < -0.39 is 16.1 Å². The zero-order valence-electron chi connectivity index (χ0n) is 9.49. The highest BCUT2D eigenvalue weighted by molar-refractivity contribution is 7.89. The normalized spacial score (nSPS) is 10.3. The maximum absolute atomic E-state index is 11.8. The zero-order chi connectivity index (χ0) is 13.8. The Labute approximate surface area is 105 Å². The minimum atomic E-state index is -4.08. The number of benzene rings is 1. The van der Waals surface area contributed by atoms with Gasteiger partial charge >= 0.3 is 6.09 Å². The minimum Gasteiger partial charge on any atom is -0.464 e. The van der Waals surface area contributed by atoms with E-state index in [0.717, 1.165) is 7.05 Å². The first-order chi connectivity index (χ1) is 8.39. The number of aliphatic hydroxyl groups is 1. The fourth-order valence-electron chi connectivity index (χ4n) is 1.14. The monoisotopic (exact) mass is 269 g/mol. The van der Waals surface area contributed by atoms with Crippen LogP contribution in [0.5, 0.6) is 0 Å². The quantitative estimate of drug-likeness (QED) is 0.754. The van der Waals surface area contributed by atoms with Crippen molar-refractivity contribution in [2.45, 2.75) is 4.90 Å². The molecule has 0 aliphatic rings. The van der Waals surface area contributed by atoms with E-state index in [2.05, 4.69) is 11.8 Å². The average molecular weight is 269 g/mol. The second-order valence-corrected chi connectivity index (χ2v) is 5.21. The maximum atomic E-state index is 11.8. The highest BCUT2D eigenvalue weighted by Gasteiger charge is 2.24. The predicted molar refractivity (Wildman–Crippen MR) is 63.4 cm³/mol. The van der Waals surface area contributed by atoms with E-state index in [1.165, 1.54) is 18.2 Å². The van der Waals surface area contributed by atoms with Gasteiger partial charge in [0.05, 0.1) is 4.90 Å². The lowest BCUT2D eigenvalue weighted by Crippen LogP contribution is -2.31. The molecule has 0 atom stereocenters. The molecule has 7 heteroatoms. The Balaban J connectivity index is 3.22. The highest BCUT2D eigenvalue weighted by atomic mass is 32.2. The molecule has 1 amide bonds. The van der Waals surface area contributed by atoms with Crippen molar-refractivity contribution in [2.24, 2.45) is 0 Å². The van der Waals surface area contributed by atoms with Gasteiger partial charge in [-0.3, -0.25) is 0 Å². The molecule has 2 N–H and O–H groups in total. The van der Waals surface area contributed by atoms with E-state index in [9.17, 15) is 13.2 Å². The van der Waals surface area contributed by atoms with Gasteiger partial charge in [-0.2, -0.15) is 0 Å². The molecule has 0 aromatic heterocycles. The van der Waals surface area contributed by atoms with Crippen molar-refractivity contribution in [2.75, 3.05) is 13.7 Å². The van der Waals surface area contributed by atoms with Crippen molar-refractivity contribution in [3.63, 3.8) is 0 Å². The smallest absolute Gasteiger partial charge is 0.421 e. The molecule has 0 bridgehead atoms. The number of sulfonamides is 1. The average Bonchev–Trinajstić information content (AvgIpc) is 2.35. The van der Waals surface area contributed by atoms with E-state index in [4.69, 9.17) is 10.2 Å². The number of hydrogen-bond donors (Lipinski definition) is 2. The Hall–Kier alpha value is -2.04. The number of carboxylic acid groups (broad SMARTS) is 1. The first-order valence-corrected chi connectivity index (χ1v) is 6.25. The SMILES string of the molecule is CN(C(=O)O)S(=O)(=O)c1cccc(C#CCO)c1. The summed E-state index contributed by atoms with van der Waals surface area (Å²) in [4.78, 5) is 10.5. The maximum Gasteiger partial charge on any atom is 0.421 e. The molecule has 0 radical (unpaired) electrons. The molecular formula is C11H11NO5S. The molecule has 0 saturated carbocycles. The highest BCUT2D eigenvalue weighted by Crippen LogP contribution is 2.15. The fourth-order valence-corrected chi connectivity index (χ4v) is 2.19. The Morgan fingerprint density at radius 2 is 2.11 bits per heavy atom.